The third kappa shape index (κ3) is 5.26. The van der Waals surface area contributed by atoms with Crippen LogP contribution in [-0.4, -0.2) is 36.1 Å². The lowest BCUT2D eigenvalue weighted by molar-refractivity contribution is -0.126. The van der Waals surface area contributed by atoms with Crippen LogP contribution in [0.4, 0.5) is 5.69 Å². The number of carbonyl (C=O) groups excluding carboxylic acids is 2. The van der Waals surface area contributed by atoms with Crippen molar-refractivity contribution >= 4 is 33.4 Å². The Kier molecular flexibility index (Phi) is 5.76. The highest BCUT2D eigenvalue weighted by Gasteiger charge is 2.10. The lowest BCUT2D eigenvalue weighted by atomic mass is 10.3. The minimum Gasteiger partial charge on any atom is -0.382 e. The Balaban J connectivity index is 2.32. The first-order valence-corrected chi connectivity index (χ1v) is 6.02. The van der Waals surface area contributed by atoms with Crippen LogP contribution in [0.1, 0.15) is 0 Å². The molecule has 1 aromatic carbocycles. The molecule has 0 radical (unpaired) electrons. The standard InChI is InChI=1S/C11H14BrN3O3/c12-7-2-1-3-8(4-7)15-10(17)6-14-5-9(16)11(13)18/h1-4,9,14,16H,5-6H2,(H2,13,18)(H,15,17). The summed E-state index contributed by atoms with van der Waals surface area (Å²) < 4.78 is 0.859. The van der Waals surface area contributed by atoms with Crippen molar-refractivity contribution in [2.75, 3.05) is 18.4 Å². The Hall–Kier alpha value is -1.44. The van der Waals surface area contributed by atoms with E-state index >= 15 is 0 Å². The molecular formula is C11H14BrN3O3. The number of hydrogen-bond donors (Lipinski definition) is 4. The molecule has 5 N–H and O–H groups in total. The Morgan fingerprint density at radius 1 is 1.44 bits per heavy atom. The van der Waals surface area contributed by atoms with Crippen molar-refractivity contribution < 1.29 is 14.7 Å². The quantitative estimate of drug-likeness (QED) is 0.584. The largest absolute Gasteiger partial charge is 0.382 e. The number of benzene rings is 1. The molecule has 1 aromatic rings. The predicted molar refractivity (Wildman–Crippen MR) is 70.8 cm³/mol. The normalized spacial score (nSPS) is 11.9. The van der Waals surface area contributed by atoms with Crippen molar-refractivity contribution in [3.63, 3.8) is 0 Å². The molecule has 1 atom stereocenters. The number of primary amides is 1. The van der Waals surface area contributed by atoms with E-state index in [4.69, 9.17) is 10.8 Å². The zero-order valence-electron chi connectivity index (χ0n) is 9.52. The molecule has 0 bridgehead atoms. The Morgan fingerprint density at radius 3 is 2.78 bits per heavy atom. The predicted octanol–water partition coefficient (Wildman–Crippen LogP) is -0.177. The number of rotatable bonds is 6. The van der Waals surface area contributed by atoms with Gasteiger partial charge in [-0.05, 0) is 18.2 Å². The minimum atomic E-state index is -1.29. The lowest BCUT2D eigenvalue weighted by Crippen LogP contribution is -2.40. The van der Waals surface area contributed by atoms with Crippen molar-refractivity contribution in [2.45, 2.75) is 6.10 Å². The highest BCUT2D eigenvalue weighted by Crippen LogP contribution is 2.15. The maximum atomic E-state index is 11.5. The number of hydrogen-bond acceptors (Lipinski definition) is 4. The van der Waals surface area contributed by atoms with Gasteiger partial charge in [0, 0.05) is 16.7 Å². The van der Waals surface area contributed by atoms with Gasteiger partial charge in [-0.1, -0.05) is 22.0 Å². The molecule has 0 spiro atoms. The third-order valence-electron chi connectivity index (χ3n) is 2.06. The highest BCUT2D eigenvalue weighted by molar-refractivity contribution is 9.10. The maximum absolute atomic E-state index is 11.5. The zero-order valence-corrected chi connectivity index (χ0v) is 11.1. The molecule has 7 heteroatoms. The number of aliphatic hydroxyl groups is 1. The van der Waals surface area contributed by atoms with E-state index in [1.807, 2.05) is 6.07 Å². The molecule has 6 nitrogen and oxygen atoms in total. The summed E-state index contributed by atoms with van der Waals surface area (Å²) in [6, 6.07) is 7.15. The molecular weight excluding hydrogens is 302 g/mol. The van der Waals surface area contributed by atoms with Crippen molar-refractivity contribution in [1.29, 1.82) is 0 Å². The first kappa shape index (κ1) is 14.6. The molecule has 0 saturated heterocycles. The first-order valence-electron chi connectivity index (χ1n) is 5.22. The summed E-state index contributed by atoms with van der Waals surface area (Å²) in [6.45, 7) is -0.0713. The van der Waals surface area contributed by atoms with E-state index in [0.717, 1.165) is 4.47 Å². The molecule has 0 saturated carbocycles. The van der Waals surface area contributed by atoms with Gasteiger partial charge in [-0.2, -0.15) is 0 Å². The second-order valence-electron chi connectivity index (χ2n) is 3.61. The summed E-state index contributed by atoms with van der Waals surface area (Å²) in [5, 5.41) is 14.4. The summed E-state index contributed by atoms with van der Waals surface area (Å²) in [5.41, 5.74) is 5.52. The molecule has 1 rings (SSSR count). The van der Waals surface area contributed by atoms with Crippen molar-refractivity contribution in [3.05, 3.63) is 28.7 Å². The molecule has 0 aliphatic rings. The summed E-state index contributed by atoms with van der Waals surface area (Å²) in [6.07, 6.45) is -1.29. The molecule has 0 heterocycles. The fourth-order valence-electron chi connectivity index (χ4n) is 1.19. The Morgan fingerprint density at radius 2 is 2.17 bits per heavy atom. The van der Waals surface area contributed by atoms with Gasteiger partial charge in [-0.3, -0.25) is 9.59 Å². The van der Waals surface area contributed by atoms with Crippen molar-refractivity contribution in [2.24, 2.45) is 5.73 Å². The van der Waals surface area contributed by atoms with E-state index < -0.39 is 12.0 Å². The smallest absolute Gasteiger partial charge is 0.247 e. The number of amides is 2. The van der Waals surface area contributed by atoms with E-state index in [2.05, 4.69) is 26.6 Å². The fourth-order valence-corrected chi connectivity index (χ4v) is 1.59. The van der Waals surface area contributed by atoms with Gasteiger partial charge >= 0.3 is 0 Å². The molecule has 0 aliphatic heterocycles. The summed E-state index contributed by atoms with van der Waals surface area (Å²) >= 11 is 3.29. The van der Waals surface area contributed by atoms with Gasteiger partial charge in [0.15, 0.2) is 0 Å². The topological polar surface area (TPSA) is 104 Å². The molecule has 18 heavy (non-hydrogen) atoms. The number of nitrogens with one attached hydrogen (secondary N) is 2. The average molecular weight is 316 g/mol. The Bertz CT molecular complexity index is 439. The van der Waals surface area contributed by atoms with Gasteiger partial charge in [0.1, 0.15) is 6.10 Å². The van der Waals surface area contributed by atoms with E-state index in [1.165, 1.54) is 0 Å². The van der Waals surface area contributed by atoms with Crippen LogP contribution in [0, 0.1) is 0 Å². The molecule has 0 aromatic heterocycles. The molecule has 0 fully saturated rings. The molecule has 1 unspecified atom stereocenters. The van der Waals surface area contributed by atoms with Crippen LogP contribution < -0.4 is 16.4 Å². The van der Waals surface area contributed by atoms with Gasteiger partial charge in [0.05, 0.1) is 6.54 Å². The van der Waals surface area contributed by atoms with E-state index in [-0.39, 0.29) is 19.0 Å². The summed E-state index contributed by atoms with van der Waals surface area (Å²) in [4.78, 5) is 22.0. The van der Waals surface area contributed by atoms with Crippen LogP contribution in [-0.2, 0) is 9.59 Å². The second kappa shape index (κ2) is 7.10. The first-order chi connectivity index (χ1) is 8.49. The van der Waals surface area contributed by atoms with Gasteiger partial charge in [0.2, 0.25) is 11.8 Å². The molecule has 98 valence electrons. The SMILES string of the molecule is NC(=O)C(O)CNCC(=O)Nc1cccc(Br)c1. The second-order valence-corrected chi connectivity index (χ2v) is 4.52. The van der Waals surface area contributed by atoms with Gasteiger partial charge in [0.25, 0.3) is 0 Å². The van der Waals surface area contributed by atoms with Crippen molar-refractivity contribution in [3.8, 4) is 0 Å². The van der Waals surface area contributed by atoms with E-state index in [0.29, 0.717) is 5.69 Å². The summed E-state index contributed by atoms with van der Waals surface area (Å²) in [7, 11) is 0. The minimum absolute atomic E-state index is 0.0170. The third-order valence-corrected chi connectivity index (χ3v) is 2.55. The van der Waals surface area contributed by atoms with E-state index in [1.54, 1.807) is 18.2 Å². The molecule has 2 amide bonds. The maximum Gasteiger partial charge on any atom is 0.247 e. The number of aliphatic hydroxyl groups excluding tert-OH is 1. The molecule has 0 aliphatic carbocycles. The van der Waals surface area contributed by atoms with E-state index in [9.17, 15) is 9.59 Å². The highest BCUT2D eigenvalue weighted by atomic mass is 79.9. The van der Waals surface area contributed by atoms with Crippen LogP contribution in [0.25, 0.3) is 0 Å². The zero-order chi connectivity index (χ0) is 13.5. The van der Waals surface area contributed by atoms with Crippen LogP contribution >= 0.6 is 15.9 Å². The van der Waals surface area contributed by atoms with Gasteiger partial charge < -0.3 is 21.5 Å². The number of nitrogens with two attached hydrogens (primary N) is 1. The van der Waals surface area contributed by atoms with Crippen LogP contribution in [0.2, 0.25) is 0 Å². The number of carbonyl (C=O) groups is 2. The monoisotopic (exact) mass is 315 g/mol. The number of halogens is 1. The van der Waals surface area contributed by atoms with Crippen LogP contribution in [0.3, 0.4) is 0 Å². The van der Waals surface area contributed by atoms with Gasteiger partial charge in [-0.15, -0.1) is 0 Å². The van der Waals surface area contributed by atoms with Crippen molar-refractivity contribution in [1.82, 2.24) is 5.32 Å². The van der Waals surface area contributed by atoms with Crippen LogP contribution in [0.5, 0.6) is 0 Å². The summed E-state index contributed by atoms with van der Waals surface area (Å²) in [5.74, 6) is -1.10. The lowest BCUT2D eigenvalue weighted by Gasteiger charge is -2.09. The Labute approximate surface area is 113 Å². The van der Waals surface area contributed by atoms with Gasteiger partial charge in [-0.25, -0.2) is 0 Å². The van der Waals surface area contributed by atoms with Crippen LogP contribution in [0.15, 0.2) is 28.7 Å². The average Bonchev–Trinajstić information content (AvgIpc) is 2.28. The number of anilines is 1. The fraction of sp³-hybridized carbons (Fsp3) is 0.273.